The van der Waals surface area contributed by atoms with Crippen LogP contribution in [0.4, 0.5) is 0 Å². The number of rotatable bonds is 3. The van der Waals surface area contributed by atoms with Gasteiger partial charge in [0, 0.05) is 20.1 Å². The number of aliphatic hydroxyl groups excluding tert-OH is 1. The van der Waals surface area contributed by atoms with Gasteiger partial charge in [0.15, 0.2) is 0 Å². The maximum Gasteiger partial charge on any atom is 0.279 e. The maximum absolute atomic E-state index is 11.4. The lowest BCUT2D eigenvalue weighted by atomic mass is 9.93. The van der Waals surface area contributed by atoms with Crippen molar-refractivity contribution in [1.82, 2.24) is 9.03 Å². The summed E-state index contributed by atoms with van der Waals surface area (Å²) >= 11 is 0. The van der Waals surface area contributed by atoms with E-state index in [-0.39, 0.29) is 6.04 Å². The summed E-state index contributed by atoms with van der Waals surface area (Å²) in [5, 5.41) is 9.57. The van der Waals surface area contributed by atoms with Crippen molar-refractivity contribution in [2.75, 3.05) is 14.1 Å². The van der Waals surface area contributed by atoms with Gasteiger partial charge in [-0.05, 0) is 12.8 Å². The van der Waals surface area contributed by atoms with E-state index in [1.165, 1.54) is 14.1 Å². The number of hydrogen-bond donors (Lipinski definition) is 2. The second-order valence-electron chi connectivity index (χ2n) is 3.86. The van der Waals surface area contributed by atoms with Crippen molar-refractivity contribution in [3.63, 3.8) is 0 Å². The van der Waals surface area contributed by atoms with Crippen molar-refractivity contribution in [1.29, 1.82) is 0 Å². The first-order valence-electron chi connectivity index (χ1n) is 4.81. The van der Waals surface area contributed by atoms with Crippen LogP contribution in [0.1, 0.15) is 25.7 Å². The Morgan fingerprint density at radius 1 is 1.29 bits per heavy atom. The van der Waals surface area contributed by atoms with Crippen LogP contribution in [0, 0.1) is 0 Å². The molecule has 0 aromatic carbocycles. The Morgan fingerprint density at radius 2 is 1.86 bits per heavy atom. The van der Waals surface area contributed by atoms with E-state index in [0.29, 0.717) is 12.8 Å². The summed E-state index contributed by atoms with van der Waals surface area (Å²) in [7, 11) is -0.468. The van der Waals surface area contributed by atoms with Crippen LogP contribution in [0.3, 0.4) is 0 Å². The van der Waals surface area contributed by atoms with E-state index in [4.69, 9.17) is 0 Å². The Labute approximate surface area is 85.3 Å². The molecule has 2 atom stereocenters. The summed E-state index contributed by atoms with van der Waals surface area (Å²) in [5.74, 6) is 0. The zero-order valence-corrected chi connectivity index (χ0v) is 9.42. The summed E-state index contributed by atoms with van der Waals surface area (Å²) in [6.07, 6.45) is 2.80. The molecule has 0 aromatic rings. The van der Waals surface area contributed by atoms with Gasteiger partial charge < -0.3 is 5.11 Å². The highest BCUT2D eigenvalue weighted by molar-refractivity contribution is 7.87. The molecule has 0 radical (unpaired) electrons. The number of aliphatic hydroxyl groups is 1. The van der Waals surface area contributed by atoms with Crippen molar-refractivity contribution in [3.8, 4) is 0 Å². The predicted molar refractivity (Wildman–Crippen MR) is 54.0 cm³/mol. The van der Waals surface area contributed by atoms with Crippen LogP contribution >= 0.6 is 0 Å². The summed E-state index contributed by atoms with van der Waals surface area (Å²) in [5.41, 5.74) is 0. The minimum absolute atomic E-state index is 0.323. The minimum Gasteiger partial charge on any atom is -0.391 e. The second kappa shape index (κ2) is 4.57. The number of hydrogen-bond acceptors (Lipinski definition) is 3. The van der Waals surface area contributed by atoms with Gasteiger partial charge in [0.05, 0.1) is 6.10 Å². The zero-order valence-electron chi connectivity index (χ0n) is 8.60. The number of nitrogens with zero attached hydrogens (tertiary/aromatic N) is 1. The van der Waals surface area contributed by atoms with Crippen LogP contribution in [0.25, 0.3) is 0 Å². The number of nitrogens with one attached hydrogen (secondary N) is 1. The van der Waals surface area contributed by atoms with Crippen LogP contribution < -0.4 is 4.72 Å². The fourth-order valence-electron chi connectivity index (χ4n) is 1.55. The van der Waals surface area contributed by atoms with E-state index in [9.17, 15) is 13.5 Å². The fraction of sp³-hybridized carbons (Fsp3) is 1.00. The van der Waals surface area contributed by atoms with Gasteiger partial charge in [-0.25, -0.2) is 0 Å². The van der Waals surface area contributed by atoms with E-state index >= 15 is 0 Å². The van der Waals surface area contributed by atoms with E-state index in [0.717, 1.165) is 17.1 Å². The normalized spacial score (nSPS) is 29.4. The quantitative estimate of drug-likeness (QED) is 0.688. The van der Waals surface area contributed by atoms with Gasteiger partial charge in [0.2, 0.25) is 0 Å². The highest BCUT2D eigenvalue weighted by Crippen LogP contribution is 2.19. The van der Waals surface area contributed by atoms with Gasteiger partial charge in [0.1, 0.15) is 0 Å². The summed E-state index contributed by atoms with van der Waals surface area (Å²) in [6.45, 7) is 0. The molecule has 0 saturated heterocycles. The van der Waals surface area contributed by atoms with Crippen molar-refractivity contribution in [3.05, 3.63) is 0 Å². The predicted octanol–water partition coefficient (Wildman–Crippen LogP) is -0.314. The van der Waals surface area contributed by atoms with Crippen LogP contribution in [-0.2, 0) is 10.2 Å². The fourth-order valence-corrected chi connectivity index (χ4v) is 2.41. The smallest absolute Gasteiger partial charge is 0.279 e. The second-order valence-corrected chi connectivity index (χ2v) is 5.78. The monoisotopic (exact) mass is 222 g/mol. The molecule has 14 heavy (non-hydrogen) atoms. The molecule has 0 bridgehead atoms. The molecule has 1 saturated carbocycles. The van der Waals surface area contributed by atoms with Crippen LogP contribution in [0.15, 0.2) is 0 Å². The molecule has 5 nitrogen and oxygen atoms in total. The molecule has 6 heteroatoms. The lowest BCUT2D eigenvalue weighted by Gasteiger charge is -2.29. The molecule has 1 rings (SSSR count). The van der Waals surface area contributed by atoms with Crippen molar-refractivity contribution in [2.45, 2.75) is 37.8 Å². The van der Waals surface area contributed by atoms with Crippen molar-refractivity contribution >= 4 is 10.2 Å². The average molecular weight is 222 g/mol. The molecule has 0 amide bonds. The van der Waals surface area contributed by atoms with Gasteiger partial charge in [-0.2, -0.15) is 17.4 Å². The molecular formula is C8H18N2O3S. The van der Waals surface area contributed by atoms with E-state index in [2.05, 4.69) is 4.72 Å². The third-order valence-corrected chi connectivity index (χ3v) is 4.07. The van der Waals surface area contributed by atoms with Gasteiger partial charge in [-0.15, -0.1) is 0 Å². The highest BCUT2D eigenvalue weighted by Gasteiger charge is 2.27. The molecule has 0 aromatic heterocycles. The van der Waals surface area contributed by atoms with E-state index in [1.54, 1.807) is 0 Å². The molecular weight excluding hydrogens is 204 g/mol. The summed E-state index contributed by atoms with van der Waals surface area (Å²) < 4.78 is 26.5. The van der Waals surface area contributed by atoms with E-state index in [1.807, 2.05) is 0 Å². The molecule has 1 aliphatic carbocycles. The third-order valence-electron chi connectivity index (χ3n) is 2.51. The lowest BCUT2D eigenvalue weighted by molar-refractivity contribution is 0.101. The average Bonchev–Trinajstić information content (AvgIpc) is 2.08. The molecule has 1 aliphatic rings. The van der Waals surface area contributed by atoms with Gasteiger partial charge in [0.25, 0.3) is 10.2 Å². The molecule has 0 spiro atoms. The Bertz CT molecular complexity index is 276. The SMILES string of the molecule is CN(C)S(=O)(=O)NC1CCCCC1O. The van der Waals surface area contributed by atoms with Crippen LogP contribution in [-0.4, -0.2) is 44.1 Å². The van der Waals surface area contributed by atoms with E-state index < -0.39 is 16.3 Å². The third kappa shape index (κ3) is 2.91. The first kappa shape index (κ1) is 11.9. The summed E-state index contributed by atoms with van der Waals surface area (Å²) in [4.78, 5) is 0. The summed E-state index contributed by atoms with van der Waals surface area (Å²) in [6, 6.07) is -0.323. The lowest BCUT2D eigenvalue weighted by Crippen LogP contribution is -2.48. The molecule has 2 N–H and O–H groups in total. The topological polar surface area (TPSA) is 69.6 Å². The molecule has 0 heterocycles. The van der Waals surface area contributed by atoms with Gasteiger partial charge in [-0.3, -0.25) is 0 Å². The largest absolute Gasteiger partial charge is 0.391 e. The van der Waals surface area contributed by atoms with Crippen LogP contribution in [0.2, 0.25) is 0 Å². The Kier molecular flexibility index (Phi) is 3.88. The Hall–Kier alpha value is -0.170. The molecule has 0 aliphatic heterocycles. The van der Waals surface area contributed by atoms with Crippen molar-refractivity contribution in [2.24, 2.45) is 0 Å². The molecule has 2 unspecified atom stereocenters. The maximum atomic E-state index is 11.4. The first-order chi connectivity index (χ1) is 6.43. The standard InChI is InChI=1S/C8H18N2O3S/c1-10(2)14(12,13)9-7-5-3-4-6-8(7)11/h7-9,11H,3-6H2,1-2H3. The Balaban J connectivity index is 2.58. The highest BCUT2D eigenvalue weighted by atomic mass is 32.2. The molecule has 1 fully saturated rings. The van der Waals surface area contributed by atoms with Gasteiger partial charge in [-0.1, -0.05) is 12.8 Å². The Morgan fingerprint density at radius 3 is 2.36 bits per heavy atom. The molecule has 84 valence electrons. The van der Waals surface area contributed by atoms with Crippen molar-refractivity contribution < 1.29 is 13.5 Å². The zero-order chi connectivity index (χ0) is 10.8. The first-order valence-corrected chi connectivity index (χ1v) is 6.25. The van der Waals surface area contributed by atoms with Gasteiger partial charge >= 0.3 is 0 Å². The van der Waals surface area contributed by atoms with Crippen LogP contribution in [0.5, 0.6) is 0 Å². The minimum atomic E-state index is -3.41.